The van der Waals surface area contributed by atoms with E-state index in [-0.39, 0.29) is 10.7 Å². The number of ketones is 1. The molecule has 0 aliphatic carbocycles. The topological polar surface area (TPSA) is 66.9 Å². The lowest BCUT2D eigenvalue weighted by Gasteiger charge is -2.28. The van der Waals surface area contributed by atoms with Crippen LogP contribution < -0.4 is 0 Å². The Hall–Kier alpha value is -2.58. The van der Waals surface area contributed by atoms with Crippen LogP contribution in [-0.4, -0.2) is 62.8 Å². The van der Waals surface area contributed by atoms with Gasteiger partial charge >= 0.3 is 0 Å². The van der Waals surface area contributed by atoms with Crippen molar-refractivity contribution in [2.75, 3.05) is 39.4 Å². The Morgan fingerprint density at radius 3 is 2.39 bits per heavy atom. The molecule has 1 aliphatic heterocycles. The molecule has 1 fully saturated rings. The van der Waals surface area contributed by atoms with Gasteiger partial charge in [-0.25, -0.2) is 8.42 Å². The van der Waals surface area contributed by atoms with Gasteiger partial charge in [-0.15, -0.1) is 0 Å². The number of benzene rings is 3. The molecule has 0 atom stereocenters. The number of morpholine rings is 1. The SMILES string of the molecule is CC(=O)c1ccc(S(=O)(=O)N(CCCN2CCOCC2)Cc2cccc3ccccc23)cc1. The zero-order valence-electron chi connectivity index (χ0n) is 18.9. The molecule has 0 bridgehead atoms. The average molecular weight is 467 g/mol. The van der Waals surface area contributed by atoms with Crippen LogP contribution in [0.3, 0.4) is 0 Å². The van der Waals surface area contributed by atoms with Crippen molar-refractivity contribution in [3.8, 4) is 0 Å². The first-order valence-corrected chi connectivity index (χ1v) is 12.8. The molecule has 0 N–H and O–H groups in total. The van der Waals surface area contributed by atoms with Gasteiger partial charge in [-0.1, -0.05) is 54.6 Å². The van der Waals surface area contributed by atoms with Crippen molar-refractivity contribution in [3.05, 3.63) is 77.9 Å². The van der Waals surface area contributed by atoms with Gasteiger partial charge in [0.15, 0.2) is 5.78 Å². The summed E-state index contributed by atoms with van der Waals surface area (Å²) in [6.07, 6.45) is 0.732. The van der Waals surface area contributed by atoms with Crippen molar-refractivity contribution < 1.29 is 17.9 Å². The molecule has 4 rings (SSSR count). The Labute approximate surface area is 195 Å². The minimum atomic E-state index is -3.73. The highest BCUT2D eigenvalue weighted by Crippen LogP contribution is 2.24. The molecular formula is C26H30N2O4S. The number of carbonyl (C=O) groups is 1. The van der Waals surface area contributed by atoms with Crippen molar-refractivity contribution in [3.63, 3.8) is 0 Å². The molecule has 0 unspecified atom stereocenters. The normalized spacial score (nSPS) is 15.2. The fourth-order valence-corrected chi connectivity index (χ4v) is 5.67. The van der Waals surface area contributed by atoms with Gasteiger partial charge < -0.3 is 4.74 Å². The van der Waals surface area contributed by atoms with Gasteiger partial charge in [-0.3, -0.25) is 9.69 Å². The maximum absolute atomic E-state index is 13.6. The molecule has 1 heterocycles. The van der Waals surface area contributed by atoms with Crippen molar-refractivity contribution in [2.24, 2.45) is 0 Å². The smallest absolute Gasteiger partial charge is 0.243 e. The summed E-state index contributed by atoms with van der Waals surface area (Å²) in [5, 5.41) is 2.15. The Morgan fingerprint density at radius 2 is 1.67 bits per heavy atom. The van der Waals surface area contributed by atoms with Gasteiger partial charge in [-0.2, -0.15) is 4.31 Å². The molecular weight excluding hydrogens is 436 g/mol. The number of nitrogens with zero attached hydrogens (tertiary/aromatic N) is 2. The molecule has 1 aliphatic rings. The molecule has 6 nitrogen and oxygen atoms in total. The van der Waals surface area contributed by atoms with Gasteiger partial charge in [0, 0.05) is 31.7 Å². The lowest BCUT2D eigenvalue weighted by Crippen LogP contribution is -2.39. The van der Waals surface area contributed by atoms with Crippen molar-refractivity contribution in [2.45, 2.75) is 24.8 Å². The van der Waals surface area contributed by atoms with E-state index >= 15 is 0 Å². The molecule has 7 heteroatoms. The van der Waals surface area contributed by atoms with Crippen LogP contribution in [0.5, 0.6) is 0 Å². The van der Waals surface area contributed by atoms with E-state index < -0.39 is 10.0 Å². The number of hydrogen-bond donors (Lipinski definition) is 0. The molecule has 0 spiro atoms. The number of carbonyl (C=O) groups excluding carboxylic acids is 1. The monoisotopic (exact) mass is 466 g/mol. The molecule has 0 saturated carbocycles. The van der Waals surface area contributed by atoms with Gasteiger partial charge in [0.1, 0.15) is 0 Å². The van der Waals surface area contributed by atoms with Crippen LogP contribution in [0.15, 0.2) is 71.6 Å². The van der Waals surface area contributed by atoms with Crippen LogP contribution in [0.2, 0.25) is 0 Å². The number of hydrogen-bond acceptors (Lipinski definition) is 5. The fraction of sp³-hybridized carbons (Fsp3) is 0.346. The molecule has 0 amide bonds. The quantitative estimate of drug-likeness (QED) is 0.447. The average Bonchev–Trinajstić information content (AvgIpc) is 2.84. The third-order valence-electron chi connectivity index (χ3n) is 6.11. The van der Waals surface area contributed by atoms with E-state index in [4.69, 9.17) is 4.74 Å². The fourth-order valence-electron chi connectivity index (χ4n) is 4.21. The van der Waals surface area contributed by atoms with Crippen molar-refractivity contribution in [1.29, 1.82) is 0 Å². The minimum absolute atomic E-state index is 0.0860. The van der Waals surface area contributed by atoms with Crippen LogP contribution in [0.25, 0.3) is 10.8 Å². The maximum atomic E-state index is 13.6. The number of fused-ring (bicyclic) bond motifs is 1. The number of Topliss-reactive ketones (excluding diaryl/α,β-unsaturated/α-hetero) is 1. The molecule has 33 heavy (non-hydrogen) atoms. The van der Waals surface area contributed by atoms with Gasteiger partial charge in [0.05, 0.1) is 18.1 Å². The highest BCUT2D eigenvalue weighted by Gasteiger charge is 2.25. The largest absolute Gasteiger partial charge is 0.379 e. The summed E-state index contributed by atoms with van der Waals surface area (Å²) in [6.45, 7) is 6.21. The summed E-state index contributed by atoms with van der Waals surface area (Å²) < 4.78 is 34.3. The Kier molecular flexibility index (Phi) is 7.55. The lowest BCUT2D eigenvalue weighted by atomic mass is 10.0. The molecule has 1 saturated heterocycles. The standard InChI is InChI=1S/C26H30N2O4S/c1-21(29)22-10-12-25(13-11-22)33(30,31)28(15-5-14-27-16-18-32-19-17-27)20-24-8-4-7-23-6-2-3-9-26(23)24/h2-4,6-13H,5,14-20H2,1H3. The first kappa shape index (κ1) is 23.6. The van der Waals surface area contributed by atoms with Crippen LogP contribution in [0.1, 0.15) is 29.3 Å². The van der Waals surface area contributed by atoms with Crippen LogP contribution in [0.4, 0.5) is 0 Å². The second kappa shape index (κ2) is 10.6. The lowest BCUT2D eigenvalue weighted by molar-refractivity contribution is 0.0368. The number of sulfonamides is 1. The zero-order chi connectivity index (χ0) is 23.3. The second-order valence-electron chi connectivity index (χ2n) is 8.36. The predicted octanol–water partition coefficient (Wildman–Crippen LogP) is 3.96. The molecule has 174 valence electrons. The summed E-state index contributed by atoms with van der Waals surface area (Å²) in [5.41, 5.74) is 1.48. The van der Waals surface area contributed by atoms with E-state index in [1.54, 1.807) is 16.4 Å². The van der Waals surface area contributed by atoms with Crippen LogP contribution >= 0.6 is 0 Å². The first-order valence-electron chi connectivity index (χ1n) is 11.3. The van der Waals surface area contributed by atoms with E-state index in [9.17, 15) is 13.2 Å². The van der Waals surface area contributed by atoms with Crippen molar-refractivity contribution >= 4 is 26.6 Å². The predicted molar refractivity (Wildman–Crippen MR) is 130 cm³/mol. The molecule has 3 aromatic carbocycles. The van der Waals surface area contributed by atoms with Gasteiger partial charge in [-0.05, 0) is 48.4 Å². The van der Waals surface area contributed by atoms with Crippen molar-refractivity contribution in [1.82, 2.24) is 9.21 Å². The Balaban J connectivity index is 1.60. The highest BCUT2D eigenvalue weighted by atomic mass is 32.2. The number of ether oxygens (including phenoxy) is 1. The minimum Gasteiger partial charge on any atom is -0.379 e. The molecule has 0 radical (unpaired) electrons. The van der Waals surface area contributed by atoms with E-state index in [0.29, 0.717) is 18.7 Å². The summed E-state index contributed by atoms with van der Waals surface area (Å²) >= 11 is 0. The molecule has 0 aromatic heterocycles. The third kappa shape index (κ3) is 5.68. The molecule has 3 aromatic rings. The summed E-state index contributed by atoms with van der Waals surface area (Å²) in [7, 11) is -3.73. The van der Waals surface area contributed by atoms with Gasteiger partial charge in [0.25, 0.3) is 0 Å². The maximum Gasteiger partial charge on any atom is 0.243 e. The summed E-state index contributed by atoms with van der Waals surface area (Å²) in [4.78, 5) is 14.1. The Bertz CT molecular complexity index is 1200. The summed E-state index contributed by atoms with van der Waals surface area (Å²) in [5.74, 6) is -0.0860. The van der Waals surface area contributed by atoms with Crippen LogP contribution in [-0.2, 0) is 21.3 Å². The highest BCUT2D eigenvalue weighted by molar-refractivity contribution is 7.89. The van der Waals surface area contributed by atoms with E-state index in [1.165, 1.54) is 19.1 Å². The second-order valence-corrected chi connectivity index (χ2v) is 10.3. The Morgan fingerprint density at radius 1 is 0.970 bits per heavy atom. The van der Waals surface area contributed by atoms with E-state index in [0.717, 1.165) is 55.6 Å². The summed E-state index contributed by atoms with van der Waals surface area (Å²) in [6, 6.07) is 20.3. The first-order chi connectivity index (χ1) is 15.9. The van der Waals surface area contributed by atoms with E-state index in [1.807, 2.05) is 42.5 Å². The van der Waals surface area contributed by atoms with Crippen LogP contribution in [0, 0.1) is 0 Å². The number of rotatable bonds is 9. The van der Waals surface area contributed by atoms with E-state index in [2.05, 4.69) is 4.90 Å². The van der Waals surface area contributed by atoms with Gasteiger partial charge in [0.2, 0.25) is 10.0 Å². The zero-order valence-corrected chi connectivity index (χ0v) is 19.8. The third-order valence-corrected chi connectivity index (χ3v) is 7.97.